The van der Waals surface area contributed by atoms with Crippen molar-refractivity contribution in [3.8, 4) is 28.6 Å². The Labute approximate surface area is 213 Å². The second-order valence-electron chi connectivity index (χ2n) is 10.1. The molecule has 3 fully saturated rings. The summed E-state index contributed by atoms with van der Waals surface area (Å²) in [5.74, 6) is 1.15. The van der Waals surface area contributed by atoms with Crippen LogP contribution >= 0.6 is 0 Å². The molecule has 0 amide bonds. The zero-order chi connectivity index (χ0) is 24.9. The Kier molecular flexibility index (Phi) is 5.08. The number of piperidine rings is 3. The number of nitrogens with one attached hydrogen (secondary N) is 3. The van der Waals surface area contributed by atoms with Crippen LogP contribution in [0.3, 0.4) is 0 Å². The minimum atomic E-state index is -0.165. The minimum Gasteiger partial charge on any atom is -0.379 e. The fourth-order valence-corrected chi connectivity index (χ4v) is 5.97. The Bertz CT molecular complexity index is 1700. The van der Waals surface area contributed by atoms with E-state index in [-0.39, 0.29) is 11.6 Å². The number of hydrogen-bond donors (Lipinski definition) is 3. The van der Waals surface area contributed by atoms with Gasteiger partial charge in [-0.3, -0.25) is 4.79 Å². The molecule has 5 aromatic rings. The van der Waals surface area contributed by atoms with Crippen molar-refractivity contribution < 1.29 is 0 Å². The number of hydrogen-bond acceptors (Lipinski definition) is 5. The van der Waals surface area contributed by atoms with Gasteiger partial charge in [-0.15, -0.1) is 0 Å². The Morgan fingerprint density at radius 2 is 1.73 bits per heavy atom. The lowest BCUT2D eigenvalue weighted by Crippen LogP contribution is -2.53. The monoisotopic (exact) mass is 486 g/mol. The molecule has 0 saturated carbocycles. The average Bonchev–Trinajstić information content (AvgIpc) is 3.37. The molecule has 3 aliphatic heterocycles. The zero-order valence-corrected chi connectivity index (χ0v) is 20.3. The van der Waals surface area contributed by atoms with Crippen molar-refractivity contribution in [2.24, 2.45) is 5.92 Å². The van der Waals surface area contributed by atoms with E-state index in [4.69, 9.17) is 4.98 Å². The van der Waals surface area contributed by atoms with Crippen molar-refractivity contribution in [3.63, 3.8) is 0 Å². The van der Waals surface area contributed by atoms with Gasteiger partial charge in [0, 0.05) is 18.0 Å². The van der Waals surface area contributed by atoms with Gasteiger partial charge in [0.25, 0.3) is 5.56 Å². The summed E-state index contributed by atoms with van der Waals surface area (Å²) in [7, 11) is 0. The van der Waals surface area contributed by atoms with E-state index < -0.39 is 0 Å². The predicted octanol–water partition coefficient (Wildman–Crippen LogP) is 5.12. The number of nitrogens with zero attached hydrogens (tertiary/aromatic N) is 3. The number of para-hydroxylation sites is 2. The smallest absolute Gasteiger partial charge is 0.261 e. The Hall–Kier alpha value is -4.41. The lowest BCUT2D eigenvalue weighted by molar-refractivity contribution is 0.0976. The van der Waals surface area contributed by atoms with E-state index in [1.807, 2.05) is 60.7 Å². The van der Waals surface area contributed by atoms with E-state index in [0.717, 1.165) is 58.4 Å². The van der Waals surface area contributed by atoms with Crippen molar-refractivity contribution in [1.82, 2.24) is 19.9 Å². The van der Waals surface area contributed by atoms with Crippen LogP contribution in [-0.2, 0) is 0 Å². The summed E-state index contributed by atoms with van der Waals surface area (Å²) in [5, 5.41) is 14.0. The topological polar surface area (TPSA) is 101 Å². The largest absolute Gasteiger partial charge is 0.379 e. The van der Waals surface area contributed by atoms with Crippen LogP contribution in [0.5, 0.6) is 0 Å². The van der Waals surface area contributed by atoms with Gasteiger partial charge in [0.1, 0.15) is 11.4 Å². The molecule has 0 spiro atoms. The number of fused-ring (bicyclic) bond motifs is 5. The van der Waals surface area contributed by atoms with Gasteiger partial charge >= 0.3 is 0 Å². The number of aromatic nitrogens is 3. The highest BCUT2D eigenvalue weighted by molar-refractivity contribution is 6.01. The van der Waals surface area contributed by atoms with Gasteiger partial charge in [-0.1, -0.05) is 30.3 Å². The Morgan fingerprint density at radius 3 is 2.46 bits per heavy atom. The van der Waals surface area contributed by atoms with Gasteiger partial charge < -0.3 is 20.2 Å². The van der Waals surface area contributed by atoms with Crippen molar-refractivity contribution in [3.05, 3.63) is 82.6 Å². The molecule has 7 nitrogen and oxygen atoms in total. The molecule has 3 saturated heterocycles. The molecule has 182 valence electrons. The number of benzene rings is 3. The third-order valence-corrected chi connectivity index (χ3v) is 7.97. The van der Waals surface area contributed by atoms with E-state index >= 15 is 0 Å². The first-order valence-corrected chi connectivity index (χ1v) is 12.8. The van der Waals surface area contributed by atoms with Gasteiger partial charge in [-0.25, -0.2) is 4.98 Å². The van der Waals surface area contributed by atoms with Crippen LogP contribution in [0.15, 0.2) is 71.5 Å². The molecule has 7 heteroatoms. The normalized spacial score (nSPS) is 20.8. The zero-order valence-electron chi connectivity index (χ0n) is 20.3. The highest BCUT2D eigenvalue weighted by atomic mass is 16.1. The van der Waals surface area contributed by atoms with Crippen LogP contribution in [0, 0.1) is 17.2 Å². The molecule has 3 aromatic carbocycles. The first-order valence-electron chi connectivity index (χ1n) is 12.8. The highest BCUT2D eigenvalue weighted by Gasteiger charge is 2.35. The predicted molar refractivity (Wildman–Crippen MR) is 146 cm³/mol. The van der Waals surface area contributed by atoms with Crippen molar-refractivity contribution in [2.75, 3.05) is 25.0 Å². The maximum Gasteiger partial charge on any atom is 0.261 e. The lowest BCUT2D eigenvalue weighted by atomic mass is 9.83. The summed E-state index contributed by atoms with van der Waals surface area (Å²) < 4.78 is 0. The molecular weight excluding hydrogens is 460 g/mol. The second kappa shape index (κ2) is 8.61. The molecule has 37 heavy (non-hydrogen) atoms. The summed E-state index contributed by atoms with van der Waals surface area (Å²) in [6.07, 6.45) is 2.35. The van der Waals surface area contributed by atoms with Gasteiger partial charge in [0.2, 0.25) is 0 Å². The molecule has 5 heterocycles. The van der Waals surface area contributed by atoms with Gasteiger partial charge in [0.05, 0.1) is 33.9 Å². The average molecular weight is 487 g/mol. The van der Waals surface area contributed by atoms with E-state index in [2.05, 4.69) is 32.3 Å². The number of imidazole rings is 1. The summed E-state index contributed by atoms with van der Waals surface area (Å²) in [5.41, 5.74) is 6.39. The Morgan fingerprint density at radius 1 is 0.946 bits per heavy atom. The summed E-state index contributed by atoms with van der Waals surface area (Å²) in [6.45, 7) is 3.28. The van der Waals surface area contributed by atoms with Crippen LogP contribution in [-0.4, -0.2) is 45.5 Å². The number of pyridine rings is 1. The van der Waals surface area contributed by atoms with Crippen LogP contribution in [0.25, 0.3) is 44.5 Å². The molecule has 0 radical (unpaired) electrons. The quantitative estimate of drug-likeness (QED) is 0.328. The molecule has 0 aliphatic carbocycles. The maximum absolute atomic E-state index is 13.6. The van der Waals surface area contributed by atoms with Crippen molar-refractivity contribution in [1.29, 1.82) is 5.26 Å². The Balaban J connectivity index is 1.43. The van der Waals surface area contributed by atoms with Gasteiger partial charge in [0.15, 0.2) is 0 Å². The van der Waals surface area contributed by atoms with E-state index in [9.17, 15) is 10.1 Å². The first kappa shape index (κ1) is 21.8. The highest BCUT2D eigenvalue weighted by Crippen LogP contribution is 2.37. The third kappa shape index (κ3) is 3.78. The molecule has 8 rings (SSSR count). The fourth-order valence-electron chi connectivity index (χ4n) is 5.97. The molecule has 2 bridgehead atoms. The van der Waals surface area contributed by atoms with Crippen LogP contribution in [0.1, 0.15) is 18.4 Å². The molecule has 3 aliphatic rings. The SMILES string of the molecule is N#Cc1ccc(-c2ccc3[nH]c(=O)c(-c4nc5ccccc5[nH]4)c(N[C@@H]4CN5CCC4CC5)c3c2)cc1. The van der Waals surface area contributed by atoms with E-state index in [0.29, 0.717) is 22.9 Å². The van der Waals surface area contributed by atoms with Crippen LogP contribution in [0.2, 0.25) is 0 Å². The van der Waals surface area contributed by atoms with E-state index in [1.54, 1.807) is 0 Å². The molecular formula is C30H26N6O. The van der Waals surface area contributed by atoms with Crippen molar-refractivity contribution >= 4 is 27.6 Å². The standard InChI is InChI=1S/C30H26N6O/c31-16-18-5-7-19(8-6-18)21-9-10-23-22(15-21)28(32-26-17-36-13-11-20(26)12-14-36)27(30(37)35-23)29-33-24-3-1-2-4-25(24)34-29/h1-10,15,20,26H,11-14,17H2,(H,33,34)(H2,32,35,37)/t26-/m1/s1. The van der Waals surface area contributed by atoms with Crippen LogP contribution < -0.4 is 10.9 Å². The minimum absolute atomic E-state index is 0.165. The number of H-pyrrole nitrogens is 2. The molecule has 2 aromatic heterocycles. The number of anilines is 1. The fraction of sp³-hybridized carbons (Fsp3) is 0.233. The molecule has 1 atom stereocenters. The third-order valence-electron chi connectivity index (χ3n) is 7.97. The maximum atomic E-state index is 13.6. The molecule has 3 N–H and O–H groups in total. The van der Waals surface area contributed by atoms with E-state index in [1.165, 1.54) is 12.8 Å². The molecule has 0 unspecified atom stereocenters. The number of rotatable bonds is 4. The lowest BCUT2D eigenvalue weighted by Gasteiger charge is -2.45. The number of aromatic amines is 2. The van der Waals surface area contributed by atoms with Crippen molar-refractivity contribution in [2.45, 2.75) is 18.9 Å². The summed E-state index contributed by atoms with van der Waals surface area (Å²) in [4.78, 5) is 27.3. The number of nitriles is 1. The van der Waals surface area contributed by atoms with Gasteiger partial charge in [-0.2, -0.15) is 5.26 Å². The van der Waals surface area contributed by atoms with Crippen LogP contribution in [0.4, 0.5) is 5.69 Å². The van der Waals surface area contributed by atoms with Gasteiger partial charge in [-0.05, 0) is 79.4 Å². The first-order chi connectivity index (χ1) is 18.2. The summed E-state index contributed by atoms with van der Waals surface area (Å²) >= 11 is 0. The summed E-state index contributed by atoms with van der Waals surface area (Å²) in [6, 6.07) is 24.0. The second-order valence-corrected chi connectivity index (χ2v) is 10.1.